The van der Waals surface area contributed by atoms with E-state index in [0.29, 0.717) is 50.8 Å². The van der Waals surface area contributed by atoms with E-state index in [1.165, 1.54) is 11.8 Å². The van der Waals surface area contributed by atoms with Gasteiger partial charge in [0.1, 0.15) is 0 Å². The number of morpholine rings is 1. The molecule has 7 heteroatoms. The van der Waals surface area contributed by atoms with Crippen LogP contribution in [0.1, 0.15) is 13.3 Å². The second-order valence-electron chi connectivity index (χ2n) is 4.91. The number of carbonyl (C=O) groups is 2. The molecule has 0 bridgehead atoms. The molecule has 0 aromatic carbocycles. The van der Waals surface area contributed by atoms with E-state index >= 15 is 0 Å². The van der Waals surface area contributed by atoms with Gasteiger partial charge in [0, 0.05) is 26.2 Å². The fraction of sp³-hybridized carbons (Fsp3) is 0.846. The minimum atomic E-state index is -0.0606. The molecule has 1 saturated heterocycles. The summed E-state index contributed by atoms with van der Waals surface area (Å²) in [5.41, 5.74) is 0. The number of aliphatic hydroxyl groups excluding tert-OH is 1. The van der Waals surface area contributed by atoms with Gasteiger partial charge in [0.2, 0.25) is 11.8 Å². The van der Waals surface area contributed by atoms with Crippen molar-refractivity contribution in [3.8, 4) is 0 Å². The summed E-state index contributed by atoms with van der Waals surface area (Å²) in [5, 5.41) is 11.6. The van der Waals surface area contributed by atoms with E-state index in [1.54, 1.807) is 4.90 Å². The van der Waals surface area contributed by atoms with Crippen molar-refractivity contribution >= 4 is 23.6 Å². The molecule has 1 aliphatic heterocycles. The number of hydrogen-bond acceptors (Lipinski definition) is 5. The van der Waals surface area contributed by atoms with Crippen LogP contribution in [0.3, 0.4) is 0 Å². The van der Waals surface area contributed by atoms with Gasteiger partial charge in [-0.05, 0) is 12.3 Å². The van der Waals surface area contributed by atoms with E-state index in [0.717, 1.165) is 0 Å². The molecule has 1 atom stereocenters. The quantitative estimate of drug-likeness (QED) is 0.644. The molecule has 6 nitrogen and oxygen atoms in total. The largest absolute Gasteiger partial charge is 0.396 e. The molecule has 1 aliphatic rings. The van der Waals surface area contributed by atoms with Crippen LogP contribution in [0.5, 0.6) is 0 Å². The third kappa shape index (κ3) is 7.12. The van der Waals surface area contributed by atoms with E-state index in [9.17, 15) is 9.59 Å². The molecule has 0 aromatic heterocycles. The standard InChI is InChI=1S/C13H24N2O4S/c1-11(2-5-16)8-14-12(17)9-20-10-13(18)15-3-6-19-7-4-15/h11,16H,2-10H2,1H3,(H,14,17). The van der Waals surface area contributed by atoms with Gasteiger partial charge in [-0.2, -0.15) is 0 Å². The number of nitrogens with zero attached hydrogens (tertiary/aromatic N) is 1. The van der Waals surface area contributed by atoms with Gasteiger partial charge in [0.25, 0.3) is 0 Å². The molecule has 1 rings (SSSR count). The third-order valence-electron chi connectivity index (χ3n) is 3.09. The second kappa shape index (κ2) is 10.0. The summed E-state index contributed by atoms with van der Waals surface area (Å²) < 4.78 is 5.18. The van der Waals surface area contributed by atoms with Gasteiger partial charge in [-0.3, -0.25) is 9.59 Å². The molecule has 2 amide bonds. The van der Waals surface area contributed by atoms with Crippen molar-refractivity contribution < 1.29 is 19.4 Å². The predicted molar refractivity (Wildman–Crippen MR) is 78.6 cm³/mol. The summed E-state index contributed by atoms with van der Waals surface area (Å²) in [4.78, 5) is 25.2. The molecule has 1 heterocycles. The molecule has 1 fully saturated rings. The van der Waals surface area contributed by atoms with Crippen LogP contribution < -0.4 is 5.32 Å². The topological polar surface area (TPSA) is 78.9 Å². The molecule has 0 aliphatic carbocycles. The Bertz CT molecular complexity index is 309. The molecule has 20 heavy (non-hydrogen) atoms. The highest BCUT2D eigenvalue weighted by Crippen LogP contribution is 2.05. The summed E-state index contributed by atoms with van der Waals surface area (Å²) in [6, 6.07) is 0. The Labute approximate surface area is 124 Å². The second-order valence-corrected chi connectivity index (χ2v) is 5.89. The van der Waals surface area contributed by atoms with Crippen molar-refractivity contribution in [2.75, 3.05) is 51.0 Å². The third-order valence-corrected chi connectivity index (χ3v) is 4.01. The average Bonchev–Trinajstić information content (AvgIpc) is 2.46. The smallest absolute Gasteiger partial charge is 0.232 e. The predicted octanol–water partition coefficient (Wildman–Crippen LogP) is -0.287. The van der Waals surface area contributed by atoms with Crippen molar-refractivity contribution in [3.05, 3.63) is 0 Å². The summed E-state index contributed by atoms with van der Waals surface area (Å²) >= 11 is 1.33. The minimum absolute atomic E-state index is 0.0606. The van der Waals surface area contributed by atoms with E-state index in [4.69, 9.17) is 9.84 Å². The molecule has 2 N–H and O–H groups in total. The first-order chi connectivity index (χ1) is 9.63. The highest BCUT2D eigenvalue weighted by atomic mass is 32.2. The SMILES string of the molecule is CC(CCO)CNC(=O)CSCC(=O)N1CCOCC1. The lowest BCUT2D eigenvalue weighted by molar-refractivity contribution is -0.132. The highest BCUT2D eigenvalue weighted by molar-refractivity contribution is 8.00. The van der Waals surface area contributed by atoms with E-state index in [1.807, 2.05) is 6.92 Å². The molecule has 0 spiro atoms. The first-order valence-corrected chi connectivity index (χ1v) is 8.09. The Balaban J connectivity index is 2.07. The number of nitrogens with one attached hydrogen (secondary N) is 1. The number of rotatable bonds is 8. The summed E-state index contributed by atoms with van der Waals surface area (Å²) in [7, 11) is 0. The Hall–Kier alpha value is -0.790. The van der Waals surface area contributed by atoms with Gasteiger partial charge in [0.05, 0.1) is 24.7 Å². The highest BCUT2D eigenvalue weighted by Gasteiger charge is 2.16. The molecule has 0 radical (unpaired) electrons. The molecule has 1 unspecified atom stereocenters. The Morgan fingerprint density at radius 1 is 1.35 bits per heavy atom. The van der Waals surface area contributed by atoms with Crippen molar-refractivity contribution in [1.82, 2.24) is 10.2 Å². The Morgan fingerprint density at radius 2 is 2.05 bits per heavy atom. The fourth-order valence-electron chi connectivity index (χ4n) is 1.80. The van der Waals surface area contributed by atoms with Gasteiger partial charge in [-0.15, -0.1) is 11.8 Å². The van der Waals surface area contributed by atoms with Crippen LogP contribution >= 0.6 is 11.8 Å². The summed E-state index contributed by atoms with van der Waals surface area (Å²) in [5.74, 6) is 0.903. The maximum absolute atomic E-state index is 11.8. The number of thioether (sulfide) groups is 1. The van der Waals surface area contributed by atoms with Crippen molar-refractivity contribution in [3.63, 3.8) is 0 Å². The average molecular weight is 304 g/mol. The van der Waals surface area contributed by atoms with Crippen LogP contribution in [-0.2, 0) is 14.3 Å². The monoisotopic (exact) mass is 304 g/mol. The van der Waals surface area contributed by atoms with E-state index in [-0.39, 0.29) is 24.3 Å². The first-order valence-electron chi connectivity index (χ1n) is 6.94. The van der Waals surface area contributed by atoms with Crippen LogP contribution in [0.25, 0.3) is 0 Å². The molecular formula is C13H24N2O4S. The van der Waals surface area contributed by atoms with Crippen LogP contribution in [0.4, 0.5) is 0 Å². The molecule has 116 valence electrons. The molecule has 0 aromatic rings. The number of carbonyl (C=O) groups excluding carboxylic acids is 2. The van der Waals surface area contributed by atoms with E-state index < -0.39 is 0 Å². The van der Waals surface area contributed by atoms with Gasteiger partial charge >= 0.3 is 0 Å². The number of ether oxygens (including phenoxy) is 1. The maximum Gasteiger partial charge on any atom is 0.232 e. The maximum atomic E-state index is 11.8. The molecular weight excluding hydrogens is 280 g/mol. The van der Waals surface area contributed by atoms with Gasteiger partial charge in [-0.1, -0.05) is 6.92 Å². The number of hydrogen-bond donors (Lipinski definition) is 2. The summed E-state index contributed by atoms with van der Waals surface area (Å²) in [6.45, 7) is 5.16. The zero-order valence-corrected chi connectivity index (χ0v) is 12.8. The summed E-state index contributed by atoms with van der Waals surface area (Å²) in [6.07, 6.45) is 0.683. The van der Waals surface area contributed by atoms with Crippen LogP contribution in [0, 0.1) is 5.92 Å². The Kier molecular flexibility index (Phi) is 8.64. The van der Waals surface area contributed by atoms with E-state index in [2.05, 4.69) is 5.32 Å². The fourth-order valence-corrected chi connectivity index (χ4v) is 2.54. The van der Waals surface area contributed by atoms with Crippen LogP contribution in [-0.4, -0.2) is 72.8 Å². The van der Waals surface area contributed by atoms with Crippen molar-refractivity contribution in [2.24, 2.45) is 5.92 Å². The minimum Gasteiger partial charge on any atom is -0.396 e. The lowest BCUT2D eigenvalue weighted by Gasteiger charge is -2.26. The number of aliphatic hydroxyl groups is 1. The van der Waals surface area contributed by atoms with Crippen LogP contribution in [0.15, 0.2) is 0 Å². The normalized spacial score (nSPS) is 16.8. The van der Waals surface area contributed by atoms with Gasteiger partial charge in [-0.25, -0.2) is 0 Å². The van der Waals surface area contributed by atoms with Gasteiger partial charge < -0.3 is 20.1 Å². The molecule has 0 saturated carbocycles. The van der Waals surface area contributed by atoms with Crippen LogP contribution in [0.2, 0.25) is 0 Å². The first kappa shape index (κ1) is 17.3. The lowest BCUT2D eigenvalue weighted by atomic mass is 10.1. The lowest BCUT2D eigenvalue weighted by Crippen LogP contribution is -2.41. The van der Waals surface area contributed by atoms with Crippen molar-refractivity contribution in [2.45, 2.75) is 13.3 Å². The number of amides is 2. The zero-order valence-electron chi connectivity index (χ0n) is 12.0. The Morgan fingerprint density at radius 3 is 2.70 bits per heavy atom. The zero-order chi connectivity index (χ0) is 14.8. The van der Waals surface area contributed by atoms with Gasteiger partial charge in [0.15, 0.2) is 0 Å². The van der Waals surface area contributed by atoms with Crippen molar-refractivity contribution in [1.29, 1.82) is 0 Å².